The van der Waals surface area contributed by atoms with Gasteiger partial charge in [0.25, 0.3) is 0 Å². The molecule has 0 spiro atoms. The van der Waals surface area contributed by atoms with Crippen molar-refractivity contribution in [3.8, 4) is 0 Å². The molecule has 0 unspecified atom stereocenters. The van der Waals surface area contributed by atoms with Crippen molar-refractivity contribution in [2.75, 3.05) is 12.3 Å². The van der Waals surface area contributed by atoms with Gasteiger partial charge in [0.2, 0.25) is 0 Å². The van der Waals surface area contributed by atoms with Crippen LogP contribution in [-0.4, -0.2) is 12.3 Å². The third-order valence-electron chi connectivity index (χ3n) is 6.37. The van der Waals surface area contributed by atoms with Gasteiger partial charge in [0.15, 0.2) is 0 Å². The zero-order valence-electron chi connectivity index (χ0n) is 16.8. The third kappa shape index (κ3) is 2.72. The topological polar surface area (TPSA) is 0 Å². The normalized spacial score (nSPS) is 13.2. The van der Waals surface area contributed by atoms with Crippen LogP contribution in [0.4, 0.5) is 0 Å². The number of benzene rings is 3. The molecular weight excluding hydrogens is 331 g/mol. The Hall–Kier alpha value is -1.91. The Bertz CT molecular complexity index is 749. The molecule has 0 aliphatic rings. The van der Waals surface area contributed by atoms with Crippen LogP contribution in [0.25, 0.3) is 0 Å². The molecule has 0 aliphatic carbocycles. The first-order valence-corrected chi connectivity index (χ1v) is 12.3. The van der Waals surface area contributed by atoms with E-state index in [4.69, 9.17) is 0 Å². The van der Waals surface area contributed by atoms with E-state index in [0.717, 1.165) is 12.3 Å². The standard InChI is InChI=1S/C25H31P/c1-6-26(7-2,23-14-8-20(3)9-15-23,24-16-10-21(4)11-17-24)25-18-12-22(5)13-19-25/h8-19H,6-7H2,1-5H3. The third-order valence-corrected chi connectivity index (χ3v) is 13.8. The van der Waals surface area contributed by atoms with Gasteiger partial charge in [-0.3, -0.25) is 0 Å². The second kappa shape index (κ2) is 7.01. The number of rotatable bonds is 5. The number of aryl methyl sites for hydroxylation is 3. The molecule has 3 aromatic carbocycles. The Kier molecular flexibility index (Phi) is 5.09. The summed E-state index contributed by atoms with van der Waals surface area (Å²) in [5.74, 6) is 0. The summed E-state index contributed by atoms with van der Waals surface area (Å²) >= 11 is 0. The van der Waals surface area contributed by atoms with Crippen LogP contribution in [0.1, 0.15) is 30.5 Å². The molecule has 0 radical (unpaired) electrons. The summed E-state index contributed by atoms with van der Waals surface area (Å²) in [6.45, 7) is 8.81. The summed E-state index contributed by atoms with van der Waals surface area (Å²) in [7, 11) is 0. The molecule has 0 heterocycles. The molecule has 0 aliphatic heterocycles. The van der Waals surface area contributed by atoms with Crippen LogP contribution in [0.3, 0.4) is 0 Å². The van der Waals surface area contributed by atoms with E-state index in [1.165, 1.54) is 32.6 Å². The van der Waals surface area contributed by atoms with Crippen LogP contribution < -0.4 is 15.9 Å². The van der Waals surface area contributed by atoms with Gasteiger partial charge in [0.1, 0.15) is 0 Å². The van der Waals surface area contributed by atoms with Gasteiger partial charge in [-0.1, -0.05) is 0 Å². The first-order valence-electron chi connectivity index (χ1n) is 9.68. The van der Waals surface area contributed by atoms with Gasteiger partial charge in [-0.2, -0.15) is 0 Å². The average molecular weight is 362 g/mol. The summed E-state index contributed by atoms with van der Waals surface area (Å²) in [4.78, 5) is 0. The summed E-state index contributed by atoms with van der Waals surface area (Å²) in [5, 5.41) is 4.54. The molecule has 0 saturated carbocycles. The molecule has 0 amide bonds. The molecule has 1 heteroatoms. The Morgan fingerprint density at radius 2 is 0.692 bits per heavy atom. The molecule has 0 nitrogen and oxygen atoms in total. The quantitative estimate of drug-likeness (QED) is 0.527. The fraction of sp³-hybridized carbons (Fsp3) is 0.280. The molecule has 0 aromatic heterocycles. The molecule has 0 atom stereocenters. The maximum absolute atomic E-state index is 2.50. The fourth-order valence-corrected chi connectivity index (χ4v) is 10.6. The van der Waals surface area contributed by atoms with Crippen LogP contribution in [0.5, 0.6) is 0 Å². The van der Waals surface area contributed by atoms with Gasteiger partial charge >= 0.3 is 159 Å². The van der Waals surface area contributed by atoms with E-state index in [9.17, 15) is 0 Å². The Morgan fingerprint density at radius 1 is 0.462 bits per heavy atom. The predicted octanol–water partition coefficient (Wildman–Crippen LogP) is 5.48. The predicted molar refractivity (Wildman–Crippen MR) is 120 cm³/mol. The molecule has 0 saturated heterocycles. The van der Waals surface area contributed by atoms with Gasteiger partial charge in [-0.15, -0.1) is 0 Å². The zero-order chi connectivity index (χ0) is 18.8. The fourth-order valence-electron chi connectivity index (χ4n) is 4.48. The van der Waals surface area contributed by atoms with E-state index in [0.29, 0.717) is 0 Å². The Morgan fingerprint density at radius 3 is 0.885 bits per heavy atom. The van der Waals surface area contributed by atoms with Crippen molar-refractivity contribution in [1.82, 2.24) is 0 Å². The molecule has 3 aromatic rings. The van der Waals surface area contributed by atoms with Crippen molar-refractivity contribution in [3.63, 3.8) is 0 Å². The van der Waals surface area contributed by atoms with Crippen LogP contribution in [0.2, 0.25) is 0 Å². The van der Waals surface area contributed by atoms with Gasteiger partial charge in [-0.25, -0.2) is 0 Å². The molecule has 0 N–H and O–H groups in total. The monoisotopic (exact) mass is 362 g/mol. The number of hydrogen-bond acceptors (Lipinski definition) is 0. The molecule has 0 fully saturated rings. The van der Waals surface area contributed by atoms with Crippen molar-refractivity contribution >= 4 is 22.5 Å². The van der Waals surface area contributed by atoms with Gasteiger partial charge < -0.3 is 0 Å². The SMILES string of the molecule is CCP(CC)(c1ccc(C)cc1)(c1ccc(C)cc1)c1ccc(C)cc1. The van der Waals surface area contributed by atoms with Gasteiger partial charge in [0.05, 0.1) is 0 Å². The van der Waals surface area contributed by atoms with E-state index < -0.39 is 6.60 Å². The second-order valence-electron chi connectivity index (χ2n) is 7.65. The second-order valence-corrected chi connectivity index (χ2v) is 13.5. The average Bonchev–Trinajstić information content (AvgIpc) is 2.67. The molecule has 26 heavy (non-hydrogen) atoms. The Labute approximate surface area is 159 Å². The van der Waals surface area contributed by atoms with Crippen LogP contribution in [-0.2, 0) is 0 Å². The van der Waals surface area contributed by atoms with Crippen molar-refractivity contribution in [3.05, 3.63) is 89.5 Å². The maximum atomic E-state index is 2.39. The van der Waals surface area contributed by atoms with Crippen molar-refractivity contribution < 1.29 is 0 Å². The van der Waals surface area contributed by atoms with E-state index in [2.05, 4.69) is 107 Å². The van der Waals surface area contributed by atoms with E-state index >= 15 is 0 Å². The van der Waals surface area contributed by atoms with Crippen LogP contribution in [0, 0.1) is 20.8 Å². The zero-order valence-corrected chi connectivity index (χ0v) is 17.7. The van der Waals surface area contributed by atoms with E-state index in [1.807, 2.05) is 0 Å². The molecule has 0 bridgehead atoms. The minimum atomic E-state index is -2.50. The molecule has 3 rings (SSSR count). The first-order chi connectivity index (χ1) is 12.5. The number of hydrogen-bond donors (Lipinski definition) is 0. The molecule has 136 valence electrons. The van der Waals surface area contributed by atoms with Crippen molar-refractivity contribution in [2.45, 2.75) is 34.6 Å². The van der Waals surface area contributed by atoms with Crippen LogP contribution in [0.15, 0.2) is 72.8 Å². The summed E-state index contributed by atoms with van der Waals surface area (Å²) < 4.78 is 0. The van der Waals surface area contributed by atoms with Gasteiger partial charge in [0, 0.05) is 0 Å². The summed E-state index contributed by atoms with van der Waals surface area (Å²) in [6, 6.07) is 28.0. The van der Waals surface area contributed by atoms with Crippen molar-refractivity contribution in [2.24, 2.45) is 0 Å². The summed E-state index contributed by atoms with van der Waals surface area (Å²) in [5.41, 5.74) is 3.97. The Balaban J connectivity index is 2.44. The molecular formula is C25H31P. The minimum absolute atomic E-state index is 1.15. The first kappa shape index (κ1) is 18.9. The van der Waals surface area contributed by atoms with Gasteiger partial charge in [-0.05, 0) is 0 Å². The van der Waals surface area contributed by atoms with E-state index in [-0.39, 0.29) is 0 Å². The van der Waals surface area contributed by atoms with E-state index in [1.54, 1.807) is 0 Å². The van der Waals surface area contributed by atoms with Crippen molar-refractivity contribution in [1.29, 1.82) is 0 Å². The van der Waals surface area contributed by atoms with Crippen LogP contribution >= 0.6 is 6.60 Å². The summed E-state index contributed by atoms with van der Waals surface area (Å²) in [6.07, 6.45) is 2.30.